The second kappa shape index (κ2) is 6.08. The van der Waals surface area contributed by atoms with Gasteiger partial charge in [0, 0.05) is 6.42 Å². The number of benzene rings is 3. The first-order valence-electron chi connectivity index (χ1n) is 8.61. The maximum absolute atomic E-state index is 4.89. The maximum Gasteiger partial charge on any atom is 0.159 e. The first-order chi connectivity index (χ1) is 12.9. The van der Waals surface area contributed by atoms with Gasteiger partial charge in [0.25, 0.3) is 0 Å². The number of aromatic amines is 1. The Morgan fingerprint density at radius 3 is 2.04 bits per heavy atom. The zero-order valence-corrected chi connectivity index (χ0v) is 14.1. The average Bonchev–Trinajstić information content (AvgIpc) is 3.12. The minimum atomic E-state index is 0.713. The lowest BCUT2D eigenvalue weighted by molar-refractivity contribution is 1.06. The predicted octanol–water partition coefficient (Wildman–Crippen LogP) is 4.76. The van der Waals surface area contributed by atoms with Gasteiger partial charge < -0.3 is 4.98 Å². The SMILES string of the molecule is c1ccc(Cc2nc3ccccc3nc2-c2nc3ccccc3[nH]2)cc1. The minimum Gasteiger partial charge on any atom is -0.337 e. The van der Waals surface area contributed by atoms with E-state index in [1.807, 2.05) is 66.7 Å². The second-order valence-corrected chi connectivity index (χ2v) is 6.27. The van der Waals surface area contributed by atoms with E-state index in [2.05, 4.69) is 17.1 Å². The predicted molar refractivity (Wildman–Crippen MR) is 104 cm³/mol. The third-order valence-electron chi connectivity index (χ3n) is 4.47. The van der Waals surface area contributed by atoms with E-state index in [9.17, 15) is 0 Å². The summed E-state index contributed by atoms with van der Waals surface area (Å²) in [5.74, 6) is 0.760. The highest BCUT2D eigenvalue weighted by Crippen LogP contribution is 2.25. The molecule has 124 valence electrons. The van der Waals surface area contributed by atoms with Crippen molar-refractivity contribution < 1.29 is 0 Å². The van der Waals surface area contributed by atoms with Gasteiger partial charge in [-0.1, -0.05) is 54.6 Å². The van der Waals surface area contributed by atoms with Crippen LogP contribution in [0.1, 0.15) is 11.3 Å². The molecule has 0 radical (unpaired) electrons. The van der Waals surface area contributed by atoms with Crippen molar-refractivity contribution in [1.82, 2.24) is 19.9 Å². The molecule has 5 aromatic rings. The zero-order chi connectivity index (χ0) is 17.3. The number of rotatable bonds is 3. The summed E-state index contributed by atoms with van der Waals surface area (Å²) in [7, 11) is 0. The van der Waals surface area contributed by atoms with Crippen molar-refractivity contribution in [3.63, 3.8) is 0 Å². The smallest absolute Gasteiger partial charge is 0.159 e. The van der Waals surface area contributed by atoms with Crippen LogP contribution in [0.4, 0.5) is 0 Å². The Bertz CT molecular complexity index is 1180. The molecule has 4 heteroatoms. The summed E-state index contributed by atoms with van der Waals surface area (Å²) < 4.78 is 0. The van der Waals surface area contributed by atoms with Gasteiger partial charge in [0.2, 0.25) is 0 Å². The summed E-state index contributed by atoms with van der Waals surface area (Å²) in [6, 6.07) is 26.3. The van der Waals surface area contributed by atoms with Crippen LogP contribution in [0.2, 0.25) is 0 Å². The molecular formula is C22H16N4. The number of hydrogen-bond acceptors (Lipinski definition) is 3. The Labute approximate surface area is 150 Å². The van der Waals surface area contributed by atoms with Crippen molar-refractivity contribution in [1.29, 1.82) is 0 Å². The van der Waals surface area contributed by atoms with Crippen molar-refractivity contribution in [2.24, 2.45) is 0 Å². The summed E-state index contributed by atoms with van der Waals surface area (Å²) in [4.78, 5) is 17.9. The fourth-order valence-corrected chi connectivity index (χ4v) is 3.20. The highest BCUT2D eigenvalue weighted by molar-refractivity contribution is 5.81. The highest BCUT2D eigenvalue weighted by atomic mass is 15.0. The molecule has 5 rings (SSSR count). The van der Waals surface area contributed by atoms with Crippen LogP contribution in [-0.2, 0) is 6.42 Å². The van der Waals surface area contributed by atoms with E-state index >= 15 is 0 Å². The van der Waals surface area contributed by atoms with Crippen LogP contribution < -0.4 is 0 Å². The molecule has 0 unspecified atom stereocenters. The molecule has 0 atom stereocenters. The van der Waals surface area contributed by atoms with Gasteiger partial charge in [-0.05, 0) is 29.8 Å². The Balaban J connectivity index is 1.72. The van der Waals surface area contributed by atoms with Gasteiger partial charge in [0.1, 0.15) is 5.69 Å². The number of aromatic nitrogens is 4. The monoisotopic (exact) mass is 336 g/mol. The molecule has 0 spiro atoms. The van der Waals surface area contributed by atoms with E-state index in [1.54, 1.807) is 0 Å². The minimum absolute atomic E-state index is 0.713. The van der Waals surface area contributed by atoms with E-state index in [1.165, 1.54) is 5.56 Å². The summed E-state index contributed by atoms with van der Waals surface area (Å²) >= 11 is 0. The third-order valence-corrected chi connectivity index (χ3v) is 4.47. The summed E-state index contributed by atoms with van der Waals surface area (Å²) in [5.41, 5.74) is 6.65. The molecule has 0 aliphatic rings. The van der Waals surface area contributed by atoms with Gasteiger partial charge in [-0.15, -0.1) is 0 Å². The number of imidazole rings is 1. The topological polar surface area (TPSA) is 54.5 Å². The molecule has 0 saturated heterocycles. The number of fused-ring (bicyclic) bond motifs is 2. The van der Waals surface area contributed by atoms with E-state index < -0.39 is 0 Å². The molecule has 1 N–H and O–H groups in total. The zero-order valence-electron chi connectivity index (χ0n) is 14.1. The largest absolute Gasteiger partial charge is 0.337 e. The van der Waals surface area contributed by atoms with E-state index in [-0.39, 0.29) is 0 Å². The van der Waals surface area contributed by atoms with E-state index in [0.29, 0.717) is 6.42 Å². The molecule has 0 fully saturated rings. The molecule has 0 amide bonds. The molecule has 0 aliphatic heterocycles. The highest BCUT2D eigenvalue weighted by Gasteiger charge is 2.15. The first kappa shape index (κ1) is 14.8. The van der Waals surface area contributed by atoms with Crippen molar-refractivity contribution in [2.75, 3.05) is 0 Å². The van der Waals surface area contributed by atoms with Crippen molar-refractivity contribution in [3.05, 3.63) is 90.1 Å². The van der Waals surface area contributed by atoms with Crippen LogP contribution in [-0.4, -0.2) is 19.9 Å². The van der Waals surface area contributed by atoms with Gasteiger partial charge >= 0.3 is 0 Å². The summed E-state index contributed by atoms with van der Waals surface area (Å²) in [6.07, 6.45) is 0.713. The standard InChI is InChI=1S/C22H16N4/c1-2-8-15(9-3-1)14-20-21(24-17-11-5-4-10-16(17)23-20)22-25-18-12-6-7-13-19(18)26-22/h1-13H,14H2,(H,25,26). The molecule has 0 aliphatic carbocycles. The quantitative estimate of drug-likeness (QED) is 0.516. The van der Waals surface area contributed by atoms with Crippen LogP contribution in [0, 0.1) is 0 Å². The number of nitrogens with one attached hydrogen (secondary N) is 1. The van der Waals surface area contributed by atoms with Crippen LogP contribution in [0.5, 0.6) is 0 Å². The van der Waals surface area contributed by atoms with Crippen LogP contribution in [0.25, 0.3) is 33.6 Å². The molecule has 0 saturated carbocycles. The first-order valence-corrected chi connectivity index (χ1v) is 8.61. The van der Waals surface area contributed by atoms with Gasteiger partial charge in [-0.2, -0.15) is 0 Å². The lowest BCUT2D eigenvalue weighted by Gasteiger charge is -2.08. The molecule has 4 nitrogen and oxygen atoms in total. The van der Waals surface area contributed by atoms with Gasteiger partial charge in [-0.25, -0.2) is 15.0 Å². The molecular weight excluding hydrogens is 320 g/mol. The summed E-state index contributed by atoms with van der Waals surface area (Å²) in [6.45, 7) is 0. The van der Waals surface area contributed by atoms with Gasteiger partial charge in [-0.3, -0.25) is 0 Å². The lowest BCUT2D eigenvalue weighted by Crippen LogP contribution is -2.01. The van der Waals surface area contributed by atoms with Crippen molar-refractivity contribution in [3.8, 4) is 11.5 Å². The number of nitrogens with zero attached hydrogens (tertiary/aromatic N) is 3. The lowest BCUT2D eigenvalue weighted by atomic mass is 10.1. The third kappa shape index (κ3) is 2.62. The van der Waals surface area contributed by atoms with Crippen LogP contribution >= 0.6 is 0 Å². The fourth-order valence-electron chi connectivity index (χ4n) is 3.20. The van der Waals surface area contributed by atoms with Crippen LogP contribution in [0.3, 0.4) is 0 Å². The number of para-hydroxylation sites is 4. The van der Waals surface area contributed by atoms with Crippen molar-refractivity contribution in [2.45, 2.75) is 6.42 Å². The fraction of sp³-hybridized carbons (Fsp3) is 0.0455. The van der Waals surface area contributed by atoms with Crippen LogP contribution in [0.15, 0.2) is 78.9 Å². The van der Waals surface area contributed by atoms with E-state index in [0.717, 1.165) is 39.3 Å². The average molecular weight is 336 g/mol. The Kier molecular flexibility index (Phi) is 3.46. The molecule has 2 aromatic heterocycles. The van der Waals surface area contributed by atoms with E-state index in [4.69, 9.17) is 15.0 Å². The maximum atomic E-state index is 4.89. The molecule has 2 heterocycles. The number of hydrogen-bond donors (Lipinski definition) is 1. The normalized spacial score (nSPS) is 11.2. The Morgan fingerprint density at radius 1 is 0.615 bits per heavy atom. The molecule has 0 bridgehead atoms. The van der Waals surface area contributed by atoms with Gasteiger partial charge in [0.15, 0.2) is 5.82 Å². The Hall–Kier alpha value is -3.53. The Morgan fingerprint density at radius 2 is 1.27 bits per heavy atom. The second-order valence-electron chi connectivity index (χ2n) is 6.27. The van der Waals surface area contributed by atoms with Gasteiger partial charge in [0.05, 0.1) is 27.8 Å². The number of H-pyrrole nitrogens is 1. The van der Waals surface area contributed by atoms with Crippen molar-refractivity contribution >= 4 is 22.1 Å². The summed E-state index contributed by atoms with van der Waals surface area (Å²) in [5, 5.41) is 0. The molecule has 26 heavy (non-hydrogen) atoms. The molecule has 3 aromatic carbocycles.